The van der Waals surface area contributed by atoms with Crippen LogP contribution in [-0.4, -0.2) is 25.4 Å². The largest absolute Gasteiger partial charge is 0.324 e. The minimum absolute atomic E-state index is 0. The van der Waals surface area contributed by atoms with Crippen molar-refractivity contribution in [3.8, 4) is 0 Å². The Morgan fingerprint density at radius 2 is 1.83 bits per heavy atom. The van der Waals surface area contributed by atoms with Crippen molar-refractivity contribution in [2.24, 2.45) is 5.73 Å². The molecule has 1 aromatic carbocycles. The summed E-state index contributed by atoms with van der Waals surface area (Å²) < 4.78 is 27.3. The Morgan fingerprint density at radius 1 is 1.25 bits per heavy atom. The summed E-state index contributed by atoms with van der Waals surface area (Å²) in [6.07, 6.45) is 5.79. The molecule has 0 unspecified atom stereocenters. The lowest BCUT2D eigenvalue weighted by Crippen LogP contribution is -2.49. The average molecular weight is 378 g/mol. The predicted octanol–water partition coefficient (Wildman–Crippen LogP) is 2.66. The molecule has 0 heterocycles. The highest BCUT2D eigenvalue weighted by Gasteiger charge is 2.29. The molecule has 0 saturated heterocycles. The number of nitro groups is 1. The number of sulfonamides is 1. The number of nitrogens with zero attached hydrogens (tertiary/aromatic N) is 1. The van der Waals surface area contributed by atoms with Gasteiger partial charge in [0.2, 0.25) is 10.0 Å². The van der Waals surface area contributed by atoms with Crippen LogP contribution in [0.2, 0.25) is 0 Å². The highest BCUT2D eigenvalue weighted by molar-refractivity contribution is 7.89. The molecular formula is C15H24ClN3O4S. The third kappa shape index (κ3) is 5.14. The second-order valence-electron chi connectivity index (χ2n) is 6.31. The van der Waals surface area contributed by atoms with Crippen molar-refractivity contribution in [1.29, 1.82) is 0 Å². The van der Waals surface area contributed by atoms with Crippen LogP contribution in [0.25, 0.3) is 0 Å². The Balaban J connectivity index is 0.00000288. The van der Waals surface area contributed by atoms with E-state index >= 15 is 0 Å². The minimum atomic E-state index is -3.82. The van der Waals surface area contributed by atoms with E-state index in [2.05, 4.69) is 4.72 Å². The zero-order valence-corrected chi connectivity index (χ0v) is 15.3. The van der Waals surface area contributed by atoms with E-state index in [1.54, 1.807) is 6.92 Å². The standard InChI is InChI=1S/C15H23N3O4S.ClH/c1-12-6-7-13(10-14(12)18(19)20)23(21,22)17-11-15(16)8-4-2-3-5-9-15;/h6-7,10,17H,2-5,8-9,11,16H2,1H3;1H. The molecule has 1 aliphatic carbocycles. The van der Waals surface area contributed by atoms with Gasteiger partial charge in [-0.1, -0.05) is 31.7 Å². The molecule has 1 aromatic rings. The van der Waals surface area contributed by atoms with Crippen LogP contribution >= 0.6 is 12.4 Å². The maximum atomic E-state index is 12.4. The van der Waals surface area contributed by atoms with Crippen molar-refractivity contribution in [2.75, 3.05) is 6.54 Å². The first-order valence-electron chi connectivity index (χ1n) is 7.77. The fourth-order valence-electron chi connectivity index (χ4n) is 2.88. The SMILES string of the molecule is Cc1ccc(S(=O)(=O)NCC2(N)CCCCCC2)cc1[N+](=O)[O-].Cl. The third-order valence-corrected chi connectivity index (χ3v) is 5.80. The second-order valence-corrected chi connectivity index (χ2v) is 8.07. The predicted molar refractivity (Wildman–Crippen MR) is 94.9 cm³/mol. The van der Waals surface area contributed by atoms with E-state index < -0.39 is 20.5 Å². The Kier molecular flexibility index (Phi) is 7.15. The lowest BCUT2D eigenvalue weighted by Gasteiger charge is -2.28. The number of rotatable bonds is 5. The number of nitro benzene ring substituents is 1. The van der Waals surface area contributed by atoms with Crippen LogP contribution in [-0.2, 0) is 10.0 Å². The van der Waals surface area contributed by atoms with Crippen molar-refractivity contribution in [3.63, 3.8) is 0 Å². The first kappa shape index (κ1) is 20.8. The molecule has 0 spiro atoms. The van der Waals surface area contributed by atoms with Gasteiger partial charge in [-0.3, -0.25) is 10.1 Å². The lowest BCUT2D eigenvalue weighted by atomic mass is 9.92. The second kappa shape index (κ2) is 8.24. The van der Waals surface area contributed by atoms with Crippen molar-refractivity contribution >= 4 is 28.1 Å². The first-order valence-corrected chi connectivity index (χ1v) is 9.25. The number of benzene rings is 1. The van der Waals surface area contributed by atoms with Crippen molar-refractivity contribution in [3.05, 3.63) is 33.9 Å². The Labute approximate surface area is 148 Å². The quantitative estimate of drug-likeness (QED) is 0.465. The van der Waals surface area contributed by atoms with Crippen molar-refractivity contribution in [1.82, 2.24) is 4.72 Å². The highest BCUT2D eigenvalue weighted by atomic mass is 35.5. The molecular weight excluding hydrogens is 354 g/mol. The summed E-state index contributed by atoms with van der Waals surface area (Å²) >= 11 is 0. The summed E-state index contributed by atoms with van der Waals surface area (Å²) in [5, 5.41) is 11.0. The van der Waals surface area contributed by atoms with Crippen LogP contribution in [0.1, 0.15) is 44.1 Å². The molecule has 0 atom stereocenters. The smallest absolute Gasteiger partial charge is 0.273 e. The molecule has 1 saturated carbocycles. The van der Waals surface area contributed by atoms with Gasteiger partial charge in [0.25, 0.3) is 5.69 Å². The fourth-order valence-corrected chi connectivity index (χ4v) is 4.04. The van der Waals surface area contributed by atoms with Gasteiger partial charge in [-0.15, -0.1) is 12.4 Å². The van der Waals surface area contributed by atoms with E-state index in [1.165, 1.54) is 12.1 Å². The average Bonchev–Trinajstić information content (AvgIpc) is 2.71. The van der Waals surface area contributed by atoms with E-state index in [-0.39, 0.29) is 29.5 Å². The van der Waals surface area contributed by atoms with Gasteiger partial charge >= 0.3 is 0 Å². The normalized spacial score (nSPS) is 17.6. The zero-order chi connectivity index (χ0) is 17.1. The van der Waals surface area contributed by atoms with Gasteiger partial charge in [-0.2, -0.15) is 0 Å². The van der Waals surface area contributed by atoms with E-state index in [9.17, 15) is 18.5 Å². The summed E-state index contributed by atoms with van der Waals surface area (Å²) in [7, 11) is -3.82. The highest BCUT2D eigenvalue weighted by Crippen LogP contribution is 2.26. The fraction of sp³-hybridized carbons (Fsp3) is 0.600. The first-order chi connectivity index (χ1) is 10.7. The van der Waals surface area contributed by atoms with Crippen LogP contribution in [0.15, 0.2) is 23.1 Å². The van der Waals surface area contributed by atoms with E-state index in [4.69, 9.17) is 5.73 Å². The molecule has 136 valence electrons. The maximum absolute atomic E-state index is 12.4. The van der Waals surface area contributed by atoms with Gasteiger partial charge in [-0.25, -0.2) is 13.1 Å². The molecule has 0 radical (unpaired) electrons. The third-order valence-electron chi connectivity index (χ3n) is 4.40. The maximum Gasteiger partial charge on any atom is 0.273 e. The van der Waals surface area contributed by atoms with Crippen LogP contribution in [0.3, 0.4) is 0 Å². The number of hydrogen-bond acceptors (Lipinski definition) is 5. The molecule has 24 heavy (non-hydrogen) atoms. The Morgan fingerprint density at radius 3 is 2.38 bits per heavy atom. The summed E-state index contributed by atoms with van der Waals surface area (Å²) in [5.74, 6) is 0. The Bertz CT molecular complexity index is 686. The molecule has 0 aliphatic heterocycles. The molecule has 9 heteroatoms. The van der Waals surface area contributed by atoms with E-state index in [0.717, 1.165) is 44.6 Å². The van der Waals surface area contributed by atoms with Gasteiger partial charge in [0.1, 0.15) is 0 Å². The van der Waals surface area contributed by atoms with E-state index in [1.807, 2.05) is 0 Å². The van der Waals surface area contributed by atoms with Gasteiger partial charge in [-0.05, 0) is 25.8 Å². The number of hydrogen-bond donors (Lipinski definition) is 2. The van der Waals surface area contributed by atoms with Crippen LogP contribution in [0.5, 0.6) is 0 Å². The van der Waals surface area contributed by atoms with Gasteiger partial charge in [0, 0.05) is 23.7 Å². The molecule has 1 fully saturated rings. The van der Waals surface area contributed by atoms with Gasteiger partial charge in [0.15, 0.2) is 0 Å². The molecule has 7 nitrogen and oxygen atoms in total. The number of halogens is 1. The molecule has 2 rings (SSSR count). The molecule has 0 bridgehead atoms. The zero-order valence-electron chi connectivity index (χ0n) is 13.7. The molecule has 1 aliphatic rings. The number of nitrogens with two attached hydrogens (primary N) is 1. The van der Waals surface area contributed by atoms with Crippen LogP contribution < -0.4 is 10.5 Å². The number of nitrogens with one attached hydrogen (secondary N) is 1. The molecule has 0 amide bonds. The minimum Gasteiger partial charge on any atom is -0.324 e. The van der Waals surface area contributed by atoms with E-state index in [0.29, 0.717) is 5.56 Å². The summed E-state index contributed by atoms with van der Waals surface area (Å²) in [6.45, 7) is 1.72. The lowest BCUT2D eigenvalue weighted by molar-refractivity contribution is -0.385. The molecule has 3 N–H and O–H groups in total. The Hall–Kier alpha value is -1.22. The van der Waals surface area contributed by atoms with Gasteiger partial charge in [0.05, 0.1) is 9.82 Å². The van der Waals surface area contributed by atoms with Crippen LogP contribution in [0.4, 0.5) is 5.69 Å². The summed E-state index contributed by atoms with van der Waals surface area (Å²) in [6, 6.07) is 3.91. The topological polar surface area (TPSA) is 115 Å². The summed E-state index contributed by atoms with van der Waals surface area (Å²) in [4.78, 5) is 10.3. The summed E-state index contributed by atoms with van der Waals surface area (Å²) in [5.41, 5.74) is 5.99. The van der Waals surface area contributed by atoms with Gasteiger partial charge < -0.3 is 5.73 Å². The van der Waals surface area contributed by atoms with Crippen LogP contribution in [0, 0.1) is 17.0 Å². The molecule has 0 aromatic heterocycles. The van der Waals surface area contributed by atoms with Crippen molar-refractivity contribution in [2.45, 2.75) is 55.9 Å². The monoisotopic (exact) mass is 377 g/mol. The van der Waals surface area contributed by atoms with Crippen molar-refractivity contribution < 1.29 is 13.3 Å². The number of aryl methyl sites for hydroxylation is 1.